The topological polar surface area (TPSA) is 50.2 Å². The standard InChI is InChI=1S/C14H13NO2/c1-9-3-4-10(2)13(5-9)11-6-12(14(16)17)8-15-7-11/h3-8H,1-2H3,(H,16,17). The van der Waals surface area contributed by atoms with Crippen molar-refractivity contribution in [3.63, 3.8) is 0 Å². The number of rotatable bonds is 2. The van der Waals surface area contributed by atoms with Crippen LogP contribution >= 0.6 is 0 Å². The Morgan fingerprint density at radius 1 is 1.18 bits per heavy atom. The molecule has 0 bridgehead atoms. The molecule has 0 aliphatic heterocycles. The number of aryl methyl sites for hydroxylation is 2. The molecule has 0 aliphatic carbocycles. The summed E-state index contributed by atoms with van der Waals surface area (Å²) in [7, 11) is 0. The van der Waals surface area contributed by atoms with Gasteiger partial charge >= 0.3 is 5.97 Å². The number of nitrogens with zero attached hydrogens (tertiary/aromatic N) is 1. The largest absolute Gasteiger partial charge is 0.478 e. The van der Waals surface area contributed by atoms with Crippen LogP contribution in [0.4, 0.5) is 0 Å². The maximum Gasteiger partial charge on any atom is 0.337 e. The van der Waals surface area contributed by atoms with E-state index in [4.69, 9.17) is 5.11 Å². The second kappa shape index (κ2) is 4.37. The van der Waals surface area contributed by atoms with Gasteiger partial charge in [-0.1, -0.05) is 23.8 Å². The van der Waals surface area contributed by atoms with E-state index in [9.17, 15) is 4.79 Å². The van der Waals surface area contributed by atoms with Gasteiger partial charge in [0.05, 0.1) is 5.56 Å². The molecule has 0 atom stereocenters. The highest BCUT2D eigenvalue weighted by atomic mass is 16.4. The van der Waals surface area contributed by atoms with Crippen LogP contribution in [0.5, 0.6) is 0 Å². The van der Waals surface area contributed by atoms with Crippen LogP contribution in [0, 0.1) is 13.8 Å². The van der Waals surface area contributed by atoms with Crippen molar-refractivity contribution in [1.29, 1.82) is 0 Å². The van der Waals surface area contributed by atoms with Crippen molar-refractivity contribution in [3.05, 3.63) is 53.3 Å². The molecule has 0 unspecified atom stereocenters. The molecule has 3 heteroatoms. The van der Waals surface area contributed by atoms with E-state index in [0.29, 0.717) is 0 Å². The fourth-order valence-corrected chi connectivity index (χ4v) is 1.75. The minimum Gasteiger partial charge on any atom is -0.478 e. The van der Waals surface area contributed by atoms with Crippen LogP contribution in [0.2, 0.25) is 0 Å². The molecule has 0 amide bonds. The van der Waals surface area contributed by atoms with E-state index in [0.717, 1.165) is 22.3 Å². The molecule has 0 fully saturated rings. The molecule has 17 heavy (non-hydrogen) atoms. The molecular formula is C14H13NO2. The summed E-state index contributed by atoms with van der Waals surface area (Å²) < 4.78 is 0. The van der Waals surface area contributed by atoms with E-state index in [-0.39, 0.29) is 5.56 Å². The summed E-state index contributed by atoms with van der Waals surface area (Å²) >= 11 is 0. The first-order valence-corrected chi connectivity index (χ1v) is 5.34. The molecular weight excluding hydrogens is 214 g/mol. The van der Waals surface area contributed by atoms with Crippen LogP contribution < -0.4 is 0 Å². The van der Waals surface area contributed by atoms with E-state index in [1.165, 1.54) is 6.20 Å². The van der Waals surface area contributed by atoms with Gasteiger partial charge in [0.2, 0.25) is 0 Å². The highest BCUT2D eigenvalue weighted by molar-refractivity contribution is 5.89. The second-order valence-electron chi connectivity index (χ2n) is 4.09. The summed E-state index contributed by atoms with van der Waals surface area (Å²) in [5.41, 5.74) is 4.33. The van der Waals surface area contributed by atoms with Gasteiger partial charge in [-0.25, -0.2) is 4.79 Å². The Morgan fingerprint density at radius 3 is 2.65 bits per heavy atom. The highest BCUT2D eigenvalue weighted by Crippen LogP contribution is 2.24. The molecule has 2 rings (SSSR count). The average molecular weight is 227 g/mol. The van der Waals surface area contributed by atoms with Crippen LogP contribution in [0.15, 0.2) is 36.7 Å². The molecule has 0 aliphatic rings. The summed E-state index contributed by atoms with van der Waals surface area (Å²) in [5.74, 6) is -0.954. The van der Waals surface area contributed by atoms with E-state index in [1.54, 1.807) is 12.3 Å². The van der Waals surface area contributed by atoms with Crippen molar-refractivity contribution in [2.45, 2.75) is 13.8 Å². The molecule has 2 aromatic rings. The van der Waals surface area contributed by atoms with Crippen molar-refractivity contribution in [1.82, 2.24) is 4.98 Å². The van der Waals surface area contributed by atoms with Crippen molar-refractivity contribution in [2.24, 2.45) is 0 Å². The van der Waals surface area contributed by atoms with Crippen LogP contribution in [0.25, 0.3) is 11.1 Å². The highest BCUT2D eigenvalue weighted by Gasteiger charge is 2.07. The SMILES string of the molecule is Cc1ccc(C)c(-c2cncc(C(=O)O)c2)c1. The Balaban J connectivity index is 2.56. The van der Waals surface area contributed by atoms with Gasteiger partial charge in [0, 0.05) is 18.0 Å². The van der Waals surface area contributed by atoms with Crippen LogP contribution in [-0.2, 0) is 0 Å². The number of carbonyl (C=O) groups is 1. The van der Waals surface area contributed by atoms with E-state index in [2.05, 4.69) is 4.98 Å². The average Bonchev–Trinajstić information content (AvgIpc) is 2.32. The van der Waals surface area contributed by atoms with Crippen LogP contribution in [0.1, 0.15) is 21.5 Å². The maximum absolute atomic E-state index is 10.9. The third kappa shape index (κ3) is 2.33. The molecule has 0 saturated carbocycles. The molecule has 1 aromatic heterocycles. The van der Waals surface area contributed by atoms with Crippen molar-refractivity contribution in [3.8, 4) is 11.1 Å². The quantitative estimate of drug-likeness (QED) is 0.857. The van der Waals surface area contributed by atoms with Gasteiger partial charge in [0.25, 0.3) is 0 Å². The summed E-state index contributed by atoms with van der Waals surface area (Å²) in [5, 5.41) is 8.94. The zero-order valence-corrected chi connectivity index (χ0v) is 9.77. The monoisotopic (exact) mass is 227 g/mol. The van der Waals surface area contributed by atoms with Gasteiger partial charge in [-0.15, -0.1) is 0 Å². The molecule has 1 N–H and O–H groups in total. The summed E-state index contributed by atoms with van der Waals surface area (Å²) in [6.07, 6.45) is 3.05. The lowest BCUT2D eigenvalue weighted by molar-refractivity contribution is 0.0696. The van der Waals surface area contributed by atoms with Gasteiger partial charge in [0.15, 0.2) is 0 Å². The van der Waals surface area contributed by atoms with Gasteiger partial charge in [-0.2, -0.15) is 0 Å². The van der Waals surface area contributed by atoms with Gasteiger partial charge in [0.1, 0.15) is 0 Å². The number of hydrogen-bond acceptors (Lipinski definition) is 2. The van der Waals surface area contributed by atoms with E-state index in [1.807, 2.05) is 32.0 Å². The Labute approximate surface area is 99.8 Å². The zero-order chi connectivity index (χ0) is 12.4. The molecule has 1 heterocycles. The van der Waals surface area contributed by atoms with Gasteiger partial charge in [-0.3, -0.25) is 4.98 Å². The first-order valence-electron chi connectivity index (χ1n) is 5.34. The van der Waals surface area contributed by atoms with E-state index >= 15 is 0 Å². The second-order valence-corrected chi connectivity index (χ2v) is 4.09. The predicted molar refractivity (Wildman–Crippen MR) is 66.1 cm³/mol. The summed E-state index contributed by atoms with van der Waals surface area (Å²) in [6.45, 7) is 4.01. The third-order valence-corrected chi connectivity index (χ3v) is 2.69. The first kappa shape index (κ1) is 11.3. The number of hydrogen-bond donors (Lipinski definition) is 1. The zero-order valence-electron chi connectivity index (χ0n) is 9.77. The summed E-state index contributed by atoms with van der Waals surface area (Å²) in [4.78, 5) is 14.9. The van der Waals surface area contributed by atoms with E-state index < -0.39 is 5.97 Å². The lowest BCUT2D eigenvalue weighted by Gasteiger charge is -2.07. The Hall–Kier alpha value is -2.16. The smallest absolute Gasteiger partial charge is 0.337 e. The molecule has 0 radical (unpaired) electrons. The molecule has 1 aromatic carbocycles. The number of aromatic nitrogens is 1. The molecule has 0 spiro atoms. The minimum atomic E-state index is -0.954. The molecule has 0 saturated heterocycles. The first-order chi connectivity index (χ1) is 8.08. The minimum absolute atomic E-state index is 0.211. The number of aromatic carboxylic acids is 1. The Morgan fingerprint density at radius 2 is 1.94 bits per heavy atom. The lowest BCUT2D eigenvalue weighted by Crippen LogP contribution is -1.97. The number of carboxylic acids is 1. The van der Waals surface area contributed by atoms with Crippen LogP contribution in [0.3, 0.4) is 0 Å². The lowest BCUT2D eigenvalue weighted by atomic mass is 9.99. The predicted octanol–water partition coefficient (Wildman–Crippen LogP) is 3.06. The normalized spacial score (nSPS) is 10.2. The van der Waals surface area contributed by atoms with Crippen LogP contribution in [-0.4, -0.2) is 16.1 Å². The number of carboxylic acid groups (broad SMARTS) is 1. The molecule has 3 nitrogen and oxygen atoms in total. The number of benzene rings is 1. The Kier molecular flexibility index (Phi) is 2.91. The fourth-order valence-electron chi connectivity index (χ4n) is 1.75. The molecule has 86 valence electrons. The third-order valence-electron chi connectivity index (χ3n) is 2.69. The number of pyridine rings is 1. The van der Waals surface area contributed by atoms with Gasteiger partial charge < -0.3 is 5.11 Å². The summed E-state index contributed by atoms with van der Waals surface area (Å²) in [6, 6.07) is 7.75. The van der Waals surface area contributed by atoms with Crippen molar-refractivity contribution >= 4 is 5.97 Å². The Bertz CT molecular complexity index is 576. The van der Waals surface area contributed by atoms with Crippen molar-refractivity contribution in [2.75, 3.05) is 0 Å². The van der Waals surface area contributed by atoms with Gasteiger partial charge in [-0.05, 0) is 31.0 Å². The van der Waals surface area contributed by atoms with Crippen molar-refractivity contribution < 1.29 is 9.90 Å². The fraction of sp³-hybridized carbons (Fsp3) is 0.143. The maximum atomic E-state index is 10.9.